The van der Waals surface area contributed by atoms with Crippen LogP contribution < -0.4 is 11.1 Å². The van der Waals surface area contributed by atoms with E-state index in [-0.39, 0.29) is 17.5 Å². The SMILES string of the molecule is Nc1ccc(NC(=O)CSc2cccc(F)c2)c(Br)c1. The summed E-state index contributed by atoms with van der Waals surface area (Å²) >= 11 is 4.61. The first-order valence-corrected chi connectivity index (χ1v) is 7.56. The third kappa shape index (κ3) is 4.25. The Morgan fingerprint density at radius 2 is 2.10 bits per heavy atom. The van der Waals surface area contributed by atoms with Crippen molar-refractivity contribution in [1.29, 1.82) is 0 Å². The van der Waals surface area contributed by atoms with Crippen LogP contribution in [0.15, 0.2) is 51.8 Å². The van der Waals surface area contributed by atoms with Crippen LogP contribution in [0.25, 0.3) is 0 Å². The van der Waals surface area contributed by atoms with Gasteiger partial charge < -0.3 is 11.1 Å². The van der Waals surface area contributed by atoms with Crippen LogP contribution in [0, 0.1) is 5.82 Å². The molecule has 0 aliphatic rings. The summed E-state index contributed by atoms with van der Waals surface area (Å²) in [5.74, 6) is -0.262. The maximum Gasteiger partial charge on any atom is 0.234 e. The fourth-order valence-corrected chi connectivity index (χ4v) is 2.76. The minimum atomic E-state index is -0.309. The summed E-state index contributed by atoms with van der Waals surface area (Å²) in [5, 5.41) is 2.77. The van der Waals surface area contributed by atoms with Gasteiger partial charge in [-0.3, -0.25) is 4.79 Å². The minimum Gasteiger partial charge on any atom is -0.399 e. The van der Waals surface area contributed by atoms with Crippen molar-refractivity contribution in [2.45, 2.75) is 4.90 Å². The van der Waals surface area contributed by atoms with E-state index in [1.165, 1.54) is 23.9 Å². The van der Waals surface area contributed by atoms with Gasteiger partial charge in [-0.05, 0) is 52.3 Å². The molecule has 0 aliphatic heterocycles. The number of rotatable bonds is 4. The number of nitrogen functional groups attached to an aromatic ring is 1. The normalized spacial score (nSPS) is 10.3. The maximum atomic E-state index is 13.0. The molecule has 0 bridgehead atoms. The lowest BCUT2D eigenvalue weighted by Crippen LogP contribution is -2.14. The fourth-order valence-electron chi connectivity index (χ4n) is 1.52. The third-order valence-electron chi connectivity index (χ3n) is 2.43. The van der Waals surface area contributed by atoms with Gasteiger partial charge in [0, 0.05) is 15.1 Å². The Balaban J connectivity index is 1.92. The van der Waals surface area contributed by atoms with E-state index in [4.69, 9.17) is 5.73 Å². The van der Waals surface area contributed by atoms with E-state index in [1.807, 2.05) is 0 Å². The molecule has 2 rings (SSSR count). The summed E-state index contributed by atoms with van der Waals surface area (Å²) in [7, 11) is 0. The minimum absolute atomic E-state index is 0.162. The molecule has 0 spiro atoms. The van der Waals surface area contributed by atoms with E-state index in [9.17, 15) is 9.18 Å². The number of hydrogen-bond donors (Lipinski definition) is 2. The van der Waals surface area contributed by atoms with Gasteiger partial charge in [-0.2, -0.15) is 0 Å². The number of halogens is 2. The lowest BCUT2D eigenvalue weighted by Gasteiger charge is -2.08. The molecule has 0 aromatic heterocycles. The van der Waals surface area contributed by atoms with E-state index in [1.54, 1.807) is 30.3 Å². The van der Waals surface area contributed by atoms with Gasteiger partial charge in [0.2, 0.25) is 5.91 Å². The third-order valence-corrected chi connectivity index (χ3v) is 4.08. The number of nitrogens with one attached hydrogen (secondary N) is 1. The molecule has 20 heavy (non-hydrogen) atoms. The number of carbonyl (C=O) groups excluding carboxylic acids is 1. The quantitative estimate of drug-likeness (QED) is 0.646. The number of thioether (sulfide) groups is 1. The van der Waals surface area contributed by atoms with Gasteiger partial charge in [0.1, 0.15) is 5.82 Å². The van der Waals surface area contributed by atoms with Gasteiger partial charge >= 0.3 is 0 Å². The molecule has 6 heteroatoms. The van der Waals surface area contributed by atoms with Crippen LogP contribution in [0.1, 0.15) is 0 Å². The molecule has 0 aliphatic carbocycles. The second kappa shape index (κ2) is 6.76. The Morgan fingerprint density at radius 1 is 1.30 bits per heavy atom. The Kier molecular flexibility index (Phi) is 5.03. The number of amides is 1. The Bertz CT molecular complexity index is 636. The average molecular weight is 355 g/mol. The Hall–Kier alpha value is -1.53. The molecular formula is C14H12BrFN2OS. The molecule has 0 radical (unpaired) electrons. The van der Waals surface area contributed by atoms with Crippen molar-refractivity contribution in [2.75, 3.05) is 16.8 Å². The highest BCUT2D eigenvalue weighted by Gasteiger charge is 2.07. The van der Waals surface area contributed by atoms with E-state index >= 15 is 0 Å². The topological polar surface area (TPSA) is 55.1 Å². The Morgan fingerprint density at radius 3 is 2.80 bits per heavy atom. The van der Waals surface area contributed by atoms with E-state index in [2.05, 4.69) is 21.2 Å². The van der Waals surface area contributed by atoms with Crippen molar-refractivity contribution < 1.29 is 9.18 Å². The van der Waals surface area contributed by atoms with Gasteiger partial charge in [0.05, 0.1) is 11.4 Å². The Labute approximate surface area is 128 Å². The van der Waals surface area contributed by atoms with Crippen LogP contribution in [0.2, 0.25) is 0 Å². The van der Waals surface area contributed by atoms with Crippen molar-refractivity contribution >= 4 is 45.0 Å². The zero-order valence-corrected chi connectivity index (χ0v) is 12.8. The van der Waals surface area contributed by atoms with Crippen LogP contribution >= 0.6 is 27.7 Å². The predicted octanol–water partition coefficient (Wildman–Crippen LogP) is 3.90. The second-order valence-electron chi connectivity index (χ2n) is 4.03. The lowest BCUT2D eigenvalue weighted by atomic mass is 10.3. The molecule has 3 N–H and O–H groups in total. The van der Waals surface area contributed by atoms with Gasteiger partial charge in [-0.15, -0.1) is 11.8 Å². The lowest BCUT2D eigenvalue weighted by molar-refractivity contribution is -0.113. The molecule has 0 saturated heterocycles. The largest absolute Gasteiger partial charge is 0.399 e. The number of nitrogens with two attached hydrogens (primary N) is 1. The summed E-state index contributed by atoms with van der Waals surface area (Å²) in [6.07, 6.45) is 0. The summed E-state index contributed by atoms with van der Waals surface area (Å²) < 4.78 is 13.7. The first-order chi connectivity index (χ1) is 9.54. The molecule has 3 nitrogen and oxygen atoms in total. The average Bonchev–Trinajstić information content (AvgIpc) is 2.40. The number of benzene rings is 2. The summed E-state index contributed by atoms with van der Waals surface area (Å²) in [6, 6.07) is 11.3. The molecule has 104 valence electrons. The summed E-state index contributed by atoms with van der Waals surface area (Å²) in [4.78, 5) is 12.5. The van der Waals surface area contributed by atoms with Crippen molar-refractivity contribution in [3.8, 4) is 0 Å². The molecular weight excluding hydrogens is 343 g/mol. The van der Waals surface area contributed by atoms with Crippen LogP contribution in [0.5, 0.6) is 0 Å². The number of hydrogen-bond acceptors (Lipinski definition) is 3. The summed E-state index contributed by atoms with van der Waals surface area (Å²) in [5.41, 5.74) is 6.90. The highest BCUT2D eigenvalue weighted by molar-refractivity contribution is 9.10. The van der Waals surface area contributed by atoms with Crippen LogP contribution in [-0.2, 0) is 4.79 Å². The zero-order chi connectivity index (χ0) is 14.5. The molecule has 0 atom stereocenters. The first kappa shape index (κ1) is 14.9. The number of anilines is 2. The van der Waals surface area contributed by atoms with Crippen molar-refractivity contribution in [2.24, 2.45) is 0 Å². The van der Waals surface area contributed by atoms with Gasteiger partial charge in [0.25, 0.3) is 0 Å². The fraction of sp³-hybridized carbons (Fsp3) is 0.0714. The molecule has 1 amide bonds. The second-order valence-corrected chi connectivity index (χ2v) is 5.94. The van der Waals surface area contributed by atoms with E-state index in [0.717, 1.165) is 9.37 Å². The van der Waals surface area contributed by atoms with E-state index < -0.39 is 0 Å². The summed E-state index contributed by atoms with van der Waals surface area (Å²) in [6.45, 7) is 0. The molecule has 0 saturated carbocycles. The molecule has 2 aromatic carbocycles. The molecule has 2 aromatic rings. The van der Waals surface area contributed by atoms with Crippen molar-refractivity contribution in [3.63, 3.8) is 0 Å². The predicted molar refractivity (Wildman–Crippen MR) is 84.3 cm³/mol. The van der Waals surface area contributed by atoms with Crippen LogP contribution in [-0.4, -0.2) is 11.7 Å². The van der Waals surface area contributed by atoms with Gasteiger partial charge in [-0.25, -0.2) is 4.39 Å². The zero-order valence-electron chi connectivity index (χ0n) is 10.4. The smallest absolute Gasteiger partial charge is 0.234 e. The highest BCUT2D eigenvalue weighted by atomic mass is 79.9. The number of carbonyl (C=O) groups is 1. The van der Waals surface area contributed by atoms with Gasteiger partial charge in [-0.1, -0.05) is 6.07 Å². The molecule has 0 heterocycles. The highest BCUT2D eigenvalue weighted by Crippen LogP contribution is 2.25. The van der Waals surface area contributed by atoms with Crippen LogP contribution in [0.4, 0.5) is 15.8 Å². The van der Waals surface area contributed by atoms with E-state index in [0.29, 0.717) is 11.4 Å². The maximum absolute atomic E-state index is 13.0. The molecule has 0 fully saturated rings. The van der Waals surface area contributed by atoms with Crippen molar-refractivity contribution in [3.05, 3.63) is 52.8 Å². The first-order valence-electron chi connectivity index (χ1n) is 5.78. The standard InChI is InChI=1S/C14H12BrFN2OS/c15-12-7-10(17)4-5-13(12)18-14(19)8-20-11-3-1-2-9(16)6-11/h1-7H,8,17H2,(H,18,19). The van der Waals surface area contributed by atoms with Gasteiger partial charge in [0.15, 0.2) is 0 Å². The molecule has 0 unspecified atom stereocenters. The monoisotopic (exact) mass is 354 g/mol. The van der Waals surface area contributed by atoms with Crippen molar-refractivity contribution in [1.82, 2.24) is 0 Å². The van der Waals surface area contributed by atoms with Crippen LogP contribution in [0.3, 0.4) is 0 Å².